The number of allylic oxidation sites excluding steroid dienone is 1. The van der Waals surface area contributed by atoms with Gasteiger partial charge in [-0.15, -0.1) is 6.58 Å². The topological polar surface area (TPSA) is 9.23 Å². The molecule has 0 saturated carbocycles. The highest BCUT2D eigenvalue weighted by Crippen LogP contribution is 2.22. The van der Waals surface area contributed by atoms with Crippen LogP contribution < -0.4 is 4.74 Å². The fourth-order valence-electron chi connectivity index (χ4n) is 3.18. The van der Waals surface area contributed by atoms with E-state index in [1.807, 2.05) is 12.1 Å². The highest BCUT2D eigenvalue weighted by atomic mass is 19.1. The van der Waals surface area contributed by atoms with Crippen LogP contribution in [0.25, 0.3) is 0 Å². The molecule has 2 aromatic carbocycles. The molecule has 0 spiro atoms. The first-order valence-electron chi connectivity index (χ1n) is 10.3. The highest BCUT2D eigenvalue weighted by molar-refractivity contribution is 5.33. The molecule has 146 valence electrons. The molecule has 0 radical (unpaired) electrons. The van der Waals surface area contributed by atoms with Crippen LogP contribution in [0.3, 0.4) is 0 Å². The van der Waals surface area contributed by atoms with Gasteiger partial charge in [0, 0.05) is 0 Å². The third-order valence-corrected chi connectivity index (χ3v) is 4.79. The van der Waals surface area contributed by atoms with Crippen LogP contribution in [0.4, 0.5) is 4.39 Å². The summed E-state index contributed by atoms with van der Waals surface area (Å²) in [5, 5.41) is 0. The van der Waals surface area contributed by atoms with Crippen LogP contribution in [0.15, 0.2) is 60.7 Å². The van der Waals surface area contributed by atoms with Crippen molar-refractivity contribution in [1.29, 1.82) is 0 Å². The zero-order valence-electron chi connectivity index (χ0n) is 16.7. The maximum absolute atomic E-state index is 12.9. The van der Waals surface area contributed by atoms with E-state index >= 15 is 0 Å². The molecule has 0 saturated heterocycles. The minimum absolute atomic E-state index is 0.250. The lowest BCUT2D eigenvalue weighted by atomic mass is 10.0. The molecule has 0 amide bonds. The standard InChI is InChI=1S/C25H33FO/c1-21(2)11-9-7-5-3-4-6-8-10-12-22-13-17-24(18-14-22)27-25-19-15-23(26)16-20-25/h13-20H,1,3-12H2,2H3. The lowest BCUT2D eigenvalue weighted by Crippen LogP contribution is -1.88. The first kappa shape index (κ1) is 21.2. The summed E-state index contributed by atoms with van der Waals surface area (Å²) in [7, 11) is 0. The monoisotopic (exact) mass is 368 g/mol. The molecule has 0 unspecified atom stereocenters. The summed E-state index contributed by atoms with van der Waals surface area (Å²) in [5.41, 5.74) is 2.66. The molecule has 2 rings (SSSR count). The van der Waals surface area contributed by atoms with E-state index in [2.05, 4.69) is 25.6 Å². The molecular formula is C25H33FO. The van der Waals surface area contributed by atoms with Crippen LogP contribution in [-0.4, -0.2) is 0 Å². The number of benzene rings is 2. The maximum atomic E-state index is 12.9. The third-order valence-electron chi connectivity index (χ3n) is 4.79. The lowest BCUT2D eigenvalue weighted by molar-refractivity contribution is 0.480. The third kappa shape index (κ3) is 9.42. The first-order valence-corrected chi connectivity index (χ1v) is 10.3. The molecule has 0 N–H and O–H groups in total. The molecule has 27 heavy (non-hydrogen) atoms. The number of hydrogen-bond donors (Lipinski definition) is 0. The zero-order valence-corrected chi connectivity index (χ0v) is 16.7. The van der Waals surface area contributed by atoms with Gasteiger partial charge in [-0.2, -0.15) is 0 Å². The van der Waals surface area contributed by atoms with Gasteiger partial charge in [0.1, 0.15) is 17.3 Å². The van der Waals surface area contributed by atoms with E-state index in [4.69, 9.17) is 4.74 Å². The predicted octanol–water partition coefficient (Wildman–Crippen LogP) is 8.25. The van der Waals surface area contributed by atoms with E-state index in [1.54, 1.807) is 12.1 Å². The fraction of sp³-hybridized carbons (Fsp3) is 0.440. The van der Waals surface area contributed by atoms with E-state index < -0.39 is 0 Å². The fourth-order valence-corrected chi connectivity index (χ4v) is 3.18. The van der Waals surface area contributed by atoms with E-state index in [0.29, 0.717) is 5.75 Å². The van der Waals surface area contributed by atoms with E-state index in [-0.39, 0.29) is 5.82 Å². The van der Waals surface area contributed by atoms with Crippen molar-refractivity contribution < 1.29 is 9.13 Å². The van der Waals surface area contributed by atoms with E-state index in [1.165, 1.54) is 81.1 Å². The van der Waals surface area contributed by atoms with Crippen molar-refractivity contribution in [3.05, 3.63) is 72.1 Å². The summed E-state index contributed by atoms with van der Waals surface area (Å²) >= 11 is 0. The Balaban J connectivity index is 1.54. The minimum Gasteiger partial charge on any atom is -0.457 e. The molecular weight excluding hydrogens is 335 g/mol. The number of halogens is 1. The van der Waals surface area contributed by atoms with Gasteiger partial charge in [-0.25, -0.2) is 4.39 Å². The van der Waals surface area contributed by atoms with Gasteiger partial charge in [0.05, 0.1) is 0 Å². The van der Waals surface area contributed by atoms with Gasteiger partial charge in [-0.3, -0.25) is 0 Å². The molecule has 0 aliphatic carbocycles. The van der Waals surface area contributed by atoms with Crippen molar-refractivity contribution in [3.8, 4) is 11.5 Å². The highest BCUT2D eigenvalue weighted by Gasteiger charge is 2.00. The Labute approximate surface area is 164 Å². The average molecular weight is 369 g/mol. The Hall–Kier alpha value is -2.09. The van der Waals surface area contributed by atoms with Crippen LogP contribution in [-0.2, 0) is 6.42 Å². The van der Waals surface area contributed by atoms with Crippen LogP contribution in [0.5, 0.6) is 11.5 Å². The number of ether oxygens (including phenoxy) is 1. The van der Waals surface area contributed by atoms with Gasteiger partial charge in [-0.05, 0) is 74.6 Å². The minimum atomic E-state index is -0.250. The molecule has 1 nitrogen and oxygen atoms in total. The number of unbranched alkanes of at least 4 members (excludes halogenated alkanes) is 7. The van der Waals surface area contributed by atoms with Gasteiger partial charge >= 0.3 is 0 Å². The second-order valence-electron chi connectivity index (χ2n) is 7.49. The summed E-state index contributed by atoms with van der Waals surface area (Å²) in [6.07, 6.45) is 12.9. The van der Waals surface area contributed by atoms with Crippen molar-refractivity contribution in [2.45, 2.75) is 71.1 Å². The van der Waals surface area contributed by atoms with Gasteiger partial charge in [0.15, 0.2) is 0 Å². The van der Waals surface area contributed by atoms with Gasteiger partial charge in [0.2, 0.25) is 0 Å². The second-order valence-corrected chi connectivity index (χ2v) is 7.49. The van der Waals surface area contributed by atoms with Crippen molar-refractivity contribution in [2.24, 2.45) is 0 Å². The SMILES string of the molecule is C=C(C)CCCCCCCCCCc1ccc(Oc2ccc(F)cc2)cc1. The molecule has 2 aromatic rings. The predicted molar refractivity (Wildman–Crippen MR) is 113 cm³/mol. The number of hydrogen-bond acceptors (Lipinski definition) is 1. The van der Waals surface area contributed by atoms with E-state index in [9.17, 15) is 4.39 Å². The maximum Gasteiger partial charge on any atom is 0.127 e. The van der Waals surface area contributed by atoms with Crippen LogP contribution in [0, 0.1) is 5.82 Å². The largest absolute Gasteiger partial charge is 0.457 e. The summed E-state index contributed by atoms with van der Waals surface area (Å²) in [6.45, 7) is 6.07. The zero-order chi connectivity index (χ0) is 19.3. The van der Waals surface area contributed by atoms with Gasteiger partial charge in [-0.1, -0.05) is 56.2 Å². The van der Waals surface area contributed by atoms with Crippen molar-refractivity contribution >= 4 is 0 Å². The van der Waals surface area contributed by atoms with E-state index in [0.717, 1.165) is 12.2 Å². The molecule has 0 fully saturated rings. The normalized spacial score (nSPS) is 10.7. The van der Waals surface area contributed by atoms with Gasteiger partial charge in [0.25, 0.3) is 0 Å². The van der Waals surface area contributed by atoms with Crippen LogP contribution in [0.2, 0.25) is 0 Å². The van der Waals surface area contributed by atoms with Crippen molar-refractivity contribution in [3.63, 3.8) is 0 Å². The molecule has 2 heteroatoms. The Kier molecular flexibility index (Phi) is 9.68. The Morgan fingerprint density at radius 1 is 0.741 bits per heavy atom. The van der Waals surface area contributed by atoms with Crippen molar-refractivity contribution in [1.82, 2.24) is 0 Å². The summed E-state index contributed by atoms with van der Waals surface area (Å²) in [6, 6.07) is 14.3. The molecule has 0 aliphatic heterocycles. The number of aryl methyl sites for hydroxylation is 1. The molecule has 0 heterocycles. The molecule has 0 aromatic heterocycles. The molecule has 0 bridgehead atoms. The molecule has 0 aliphatic rings. The Bertz CT molecular complexity index is 658. The lowest BCUT2D eigenvalue weighted by Gasteiger charge is -2.07. The summed E-state index contributed by atoms with van der Waals surface area (Å²) in [5.74, 6) is 1.20. The van der Waals surface area contributed by atoms with Crippen LogP contribution >= 0.6 is 0 Å². The van der Waals surface area contributed by atoms with Crippen LogP contribution in [0.1, 0.15) is 70.3 Å². The molecule has 0 atom stereocenters. The van der Waals surface area contributed by atoms with Gasteiger partial charge < -0.3 is 4.74 Å². The Morgan fingerprint density at radius 3 is 1.78 bits per heavy atom. The Morgan fingerprint density at radius 2 is 1.22 bits per heavy atom. The second kappa shape index (κ2) is 12.3. The van der Waals surface area contributed by atoms with Crippen molar-refractivity contribution in [2.75, 3.05) is 0 Å². The summed E-state index contributed by atoms with van der Waals surface area (Å²) in [4.78, 5) is 0. The first-order chi connectivity index (χ1) is 13.1. The summed E-state index contributed by atoms with van der Waals surface area (Å²) < 4.78 is 18.6. The quantitative estimate of drug-likeness (QED) is 0.255. The average Bonchev–Trinajstić information content (AvgIpc) is 2.66. The smallest absolute Gasteiger partial charge is 0.127 e. The number of rotatable bonds is 13.